The highest BCUT2D eigenvalue weighted by atomic mass is 16.3. The lowest BCUT2D eigenvalue weighted by molar-refractivity contribution is 0.176. The van der Waals surface area contributed by atoms with E-state index in [4.69, 9.17) is 0 Å². The Balaban J connectivity index is 0.000000319. The van der Waals surface area contributed by atoms with Crippen LogP contribution < -0.4 is 0 Å². The summed E-state index contributed by atoms with van der Waals surface area (Å²) in [4.78, 5) is 0. The quantitative estimate of drug-likeness (QED) is 0.158. The number of aliphatic hydroxyl groups is 1. The molecule has 0 amide bonds. The van der Waals surface area contributed by atoms with Crippen LogP contribution in [-0.4, -0.2) is 11.2 Å². The lowest BCUT2D eigenvalue weighted by Crippen LogP contribution is -2.17. The maximum atomic E-state index is 9.48. The maximum Gasteiger partial charge on any atom is 0.0543 e. The molecule has 0 aliphatic heterocycles. The molecule has 0 radical (unpaired) electrons. The first kappa shape index (κ1) is 38.6. The zero-order chi connectivity index (χ0) is 32.4. The van der Waals surface area contributed by atoms with Crippen LogP contribution in [0.3, 0.4) is 0 Å². The summed E-state index contributed by atoms with van der Waals surface area (Å²) in [7, 11) is 0. The lowest BCUT2D eigenvalue weighted by Gasteiger charge is -2.27. The van der Waals surface area contributed by atoms with Crippen LogP contribution in [0.15, 0.2) is 48.5 Å². The van der Waals surface area contributed by atoms with Crippen molar-refractivity contribution in [2.24, 2.45) is 5.92 Å². The van der Waals surface area contributed by atoms with Gasteiger partial charge in [-0.15, -0.1) is 0 Å². The summed E-state index contributed by atoms with van der Waals surface area (Å²) in [6.45, 7) is 18.5. The van der Waals surface area contributed by atoms with E-state index in [9.17, 15) is 5.11 Å². The van der Waals surface area contributed by atoms with E-state index >= 15 is 0 Å². The van der Waals surface area contributed by atoms with E-state index in [1.807, 2.05) is 0 Å². The van der Waals surface area contributed by atoms with Gasteiger partial charge >= 0.3 is 0 Å². The molecule has 250 valence electrons. The molecule has 3 rings (SSSR count). The van der Waals surface area contributed by atoms with E-state index < -0.39 is 0 Å². The SMILES string of the molecule is CCC(c1cccc(C(C)(C)CC)c1)c1cccc(C(C)(C)CC)c1.CCCCCCCCCCCCCC1CCC(O)C1. The van der Waals surface area contributed by atoms with E-state index in [0.29, 0.717) is 5.92 Å². The van der Waals surface area contributed by atoms with Gasteiger partial charge in [-0.1, -0.05) is 181 Å². The van der Waals surface area contributed by atoms with Crippen LogP contribution in [0.1, 0.15) is 199 Å². The van der Waals surface area contributed by atoms with Gasteiger partial charge in [0.25, 0.3) is 0 Å². The van der Waals surface area contributed by atoms with Crippen molar-refractivity contribution in [3.63, 3.8) is 0 Å². The largest absolute Gasteiger partial charge is 0.393 e. The van der Waals surface area contributed by atoms with Gasteiger partial charge in [0.1, 0.15) is 0 Å². The third-order valence-electron chi connectivity index (χ3n) is 11.0. The minimum Gasteiger partial charge on any atom is -0.393 e. The van der Waals surface area contributed by atoms with Gasteiger partial charge in [-0.25, -0.2) is 0 Å². The Hall–Kier alpha value is -1.60. The second-order valence-corrected chi connectivity index (χ2v) is 15.3. The number of hydrogen-bond donors (Lipinski definition) is 1. The topological polar surface area (TPSA) is 20.2 Å². The fourth-order valence-electron chi connectivity index (χ4n) is 6.83. The molecule has 1 fully saturated rings. The highest BCUT2D eigenvalue weighted by Gasteiger charge is 2.23. The normalized spacial score (nSPS) is 17.1. The second kappa shape index (κ2) is 20.5. The highest BCUT2D eigenvalue weighted by molar-refractivity contribution is 5.39. The van der Waals surface area contributed by atoms with Crippen LogP contribution in [0.5, 0.6) is 0 Å². The van der Waals surface area contributed by atoms with Crippen molar-refractivity contribution in [3.05, 3.63) is 70.8 Å². The average Bonchev–Trinajstić information content (AvgIpc) is 3.45. The van der Waals surface area contributed by atoms with Crippen molar-refractivity contribution in [1.82, 2.24) is 0 Å². The van der Waals surface area contributed by atoms with Crippen molar-refractivity contribution < 1.29 is 5.11 Å². The van der Waals surface area contributed by atoms with Crippen molar-refractivity contribution in [2.75, 3.05) is 0 Å². The third-order valence-corrected chi connectivity index (χ3v) is 11.0. The molecule has 1 N–H and O–H groups in total. The summed E-state index contributed by atoms with van der Waals surface area (Å²) in [6.07, 6.45) is 24.0. The standard InChI is InChI=1S/C25H36.C18H36O/c1-8-23(19-13-11-15-21(17-19)24(4,5)9-2)20-14-12-16-22(18-20)25(6,7)10-3;1-2-3-4-5-6-7-8-9-10-11-12-13-17-14-15-18(19)16-17/h11-18,23H,8-10H2,1-7H3;17-19H,2-16H2,1H3. The fourth-order valence-corrected chi connectivity index (χ4v) is 6.83. The molecule has 2 aromatic rings. The first-order valence-electron chi connectivity index (χ1n) is 19.0. The predicted octanol–water partition coefficient (Wildman–Crippen LogP) is 13.5. The van der Waals surface area contributed by atoms with Crippen molar-refractivity contribution >= 4 is 0 Å². The Labute approximate surface area is 275 Å². The molecule has 0 bridgehead atoms. The number of rotatable bonds is 19. The van der Waals surface area contributed by atoms with Gasteiger partial charge in [-0.05, 0) is 77.5 Å². The zero-order valence-electron chi connectivity index (χ0n) is 30.5. The van der Waals surface area contributed by atoms with Crippen LogP contribution in [-0.2, 0) is 10.8 Å². The van der Waals surface area contributed by atoms with E-state index in [2.05, 4.69) is 104 Å². The van der Waals surface area contributed by atoms with Gasteiger partial charge in [0.2, 0.25) is 0 Å². The smallest absolute Gasteiger partial charge is 0.0543 e. The Kier molecular flexibility index (Phi) is 18.0. The van der Waals surface area contributed by atoms with Crippen LogP contribution >= 0.6 is 0 Å². The molecule has 1 nitrogen and oxygen atoms in total. The Bertz CT molecular complexity index is 958. The zero-order valence-corrected chi connectivity index (χ0v) is 30.5. The van der Waals surface area contributed by atoms with Crippen molar-refractivity contribution in [3.8, 4) is 0 Å². The van der Waals surface area contributed by atoms with E-state index in [1.54, 1.807) is 0 Å². The summed E-state index contributed by atoms with van der Waals surface area (Å²) in [5.74, 6) is 1.31. The molecule has 2 aromatic carbocycles. The van der Waals surface area contributed by atoms with Crippen LogP contribution in [0.25, 0.3) is 0 Å². The van der Waals surface area contributed by atoms with Crippen LogP contribution in [0.2, 0.25) is 0 Å². The summed E-state index contributed by atoms with van der Waals surface area (Å²) < 4.78 is 0. The van der Waals surface area contributed by atoms with E-state index in [1.165, 1.54) is 106 Å². The predicted molar refractivity (Wildman–Crippen MR) is 196 cm³/mol. The molecule has 0 heterocycles. The molecule has 0 saturated heterocycles. The molecule has 2 unspecified atom stereocenters. The maximum absolute atomic E-state index is 9.48. The Morgan fingerprint density at radius 2 is 1.09 bits per heavy atom. The van der Waals surface area contributed by atoms with Crippen molar-refractivity contribution in [1.29, 1.82) is 0 Å². The number of hydrogen-bond acceptors (Lipinski definition) is 1. The molecular weight excluding hydrogens is 532 g/mol. The van der Waals surface area contributed by atoms with Crippen LogP contribution in [0, 0.1) is 5.92 Å². The first-order chi connectivity index (χ1) is 21.1. The third kappa shape index (κ3) is 13.4. The molecule has 2 atom stereocenters. The molecule has 1 saturated carbocycles. The number of unbranched alkanes of at least 4 members (excludes halogenated alkanes) is 10. The minimum atomic E-state index is 0.0257. The average molecular weight is 605 g/mol. The Morgan fingerprint density at radius 1 is 0.636 bits per heavy atom. The minimum absolute atomic E-state index is 0.0257. The fraction of sp³-hybridized carbons (Fsp3) is 0.721. The second-order valence-electron chi connectivity index (χ2n) is 15.3. The Morgan fingerprint density at radius 3 is 1.48 bits per heavy atom. The molecule has 0 spiro atoms. The summed E-state index contributed by atoms with van der Waals surface area (Å²) in [6, 6.07) is 18.6. The van der Waals surface area contributed by atoms with Gasteiger partial charge in [-0.3, -0.25) is 0 Å². The van der Waals surface area contributed by atoms with E-state index in [-0.39, 0.29) is 16.9 Å². The van der Waals surface area contributed by atoms with Crippen LogP contribution in [0.4, 0.5) is 0 Å². The number of aliphatic hydroxyl groups excluding tert-OH is 1. The monoisotopic (exact) mass is 605 g/mol. The lowest BCUT2D eigenvalue weighted by atomic mass is 9.78. The molecule has 44 heavy (non-hydrogen) atoms. The summed E-state index contributed by atoms with van der Waals surface area (Å²) in [5, 5.41) is 9.48. The summed E-state index contributed by atoms with van der Waals surface area (Å²) in [5.41, 5.74) is 6.29. The first-order valence-corrected chi connectivity index (χ1v) is 19.0. The van der Waals surface area contributed by atoms with Gasteiger partial charge in [-0.2, -0.15) is 0 Å². The highest BCUT2D eigenvalue weighted by Crippen LogP contribution is 2.35. The molecule has 1 heteroatoms. The van der Waals surface area contributed by atoms with Gasteiger partial charge in [0.05, 0.1) is 6.10 Å². The molecule has 0 aromatic heterocycles. The van der Waals surface area contributed by atoms with Crippen molar-refractivity contribution in [2.45, 2.75) is 194 Å². The molecule has 1 aliphatic carbocycles. The molecular formula is C43H72O. The summed E-state index contributed by atoms with van der Waals surface area (Å²) >= 11 is 0. The molecule has 1 aliphatic rings. The number of benzene rings is 2. The van der Waals surface area contributed by atoms with Gasteiger partial charge in [0, 0.05) is 5.92 Å². The van der Waals surface area contributed by atoms with E-state index in [0.717, 1.165) is 38.0 Å². The van der Waals surface area contributed by atoms with Gasteiger partial charge < -0.3 is 5.11 Å². The van der Waals surface area contributed by atoms with Gasteiger partial charge in [0.15, 0.2) is 0 Å².